The van der Waals surface area contributed by atoms with E-state index in [1.165, 1.54) is 25.2 Å². The molecule has 0 unspecified atom stereocenters. The lowest BCUT2D eigenvalue weighted by Crippen LogP contribution is -2.31. The van der Waals surface area contributed by atoms with E-state index in [1.807, 2.05) is 6.07 Å². The molecule has 0 aromatic carbocycles. The number of aryl methyl sites for hydroxylation is 1. The summed E-state index contributed by atoms with van der Waals surface area (Å²) in [5.41, 5.74) is 8.31. The van der Waals surface area contributed by atoms with Gasteiger partial charge in [0.25, 0.3) is 0 Å². The number of nitriles is 2. The van der Waals surface area contributed by atoms with Crippen LogP contribution in [0.2, 0.25) is 0 Å². The van der Waals surface area contributed by atoms with Gasteiger partial charge in [0.05, 0.1) is 0 Å². The maximum absolute atomic E-state index is 7.10. The third-order valence-corrected chi connectivity index (χ3v) is 1.55. The molecule has 0 spiro atoms. The van der Waals surface area contributed by atoms with Crippen molar-refractivity contribution in [1.82, 2.24) is 0 Å². The van der Waals surface area contributed by atoms with E-state index < -0.39 is 0 Å². The Morgan fingerprint density at radius 2 is 1.50 bits per heavy atom. The Morgan fingerprint density at radius 1 is 1.06 bits per heavy atom. The van der Waals surface area contributed by atoms with Gasteiger partial charge in [0.2, 0.25) is 0 Å². The Kier molecular flexibility index (Phi) is 15.4. The van der Waals surface area contributed by atoms with Crippen LogP contribution in [0, 0.1) is 22.9 Å². The predicted octanol–water partition coefficient (Wildman–Crippen LogP) is 0.627. The molecule has 0 saturated carbocycles. The molecule has 5 heteroatoms. The number of pyridine rings is 1. The Morgan fingerprint density at radius 3 is 1.88 bits per heavy atom. The molecule has 0 aliphatic heterocycles. The molecular weight excluding hydrogens is 202 g/mol. The van der Waals surface area contributed by atoms with Crippen LogP contribution in [0.15, 0.2) is 30.6 Å². The van der Waals surface area contributed by atoms with Gasteiger partial charge in [-0.1, -0.05) is 19.4 Å². The average Bonchev–Trinajstić information content (AvgIpc) is 2.30. The number of rotatable bonds is 3. The monoisotopic (exact) mass is 220 g/mol. The second-order valence-corrected chi connectivity index (χ2v) is 2.73. The first-order valence-electron chi connectivity index (χ1n) is 4.90. The van der Waals surface area contributed by atoms with Gasteiger partial charge in [-0.05, 0) is 0 Å². The fraction of sp³-hybridized carbons (Fsp3) is 0.364. The molecule has 16 heavy (non-hydrogen) atoms. The van der Waals surface area contributed by atoms with Crippen LogP contribution in [0.25, 0.3) is 0 Å². The van der Waals surface area contributed by atoms with Crippen molar-refractivity contribution in [3.63, 3.8) is 0 Å². The second kappa shape index (κ2) is 15.2. The zero-order chi connectivity index (χ0) is 12.6. The summed E-state index contributed by atoms with van der Waals surface area (Å²) in [4.78, 5) is 0. The molecule has 1 rings (SSSR count). The van der Waals surface area contributed by atoms with Crippen molar-refractivity contribution in [2.24, 2.45) is 11.5 Å². The number of nitrogens with two attached hydrogens (primary N) is 2. The SMILES string of the molecule is CCCC[n+]1ccccc1.N#CN.N#CN. The fourth-order valence-electron chi connectivity index (χ4n) is 0.924. The Bertz CT molecular complexity index is 297. The molecule has 0 aliphatic carbocycles. The maximum Gasteiger partial charge on any atom is 0.173 e. The number of unbranched alkanes of at least 4 members (excludes halogenated alkanes) is 1. The van der Waals surface area contributed by atoms with Crippen molar-refractivity contribution < 1.29 is 4.57 Å². The first kappa shape index (κ1) is 16.2. The second-order valence-electron chi connectivity index (χ2n) is 2.73. The quantitative estimate of drug-likeness (QED) is 0.443. The summed E-state index contributed by atoms with van der Waals surface area (Å²) in [7, 11) is 0. The Balaban J connectivity index is 0. The first-order valence-corrected chi connectivity index (χ1v) is 4.90. The lowest BCUT2D eigenvalue weighted by atomic mass is 10.3. The first-order chi connectivity index (χ1) is 7.76. The lowest BCUT2D eigenvalue weighted by molar-refractivity contribution is -0.697. The van der Waals surface area contributed by atoms with Crippen LogP contribution in [0.3, 0.4) is 0 Å². The van der Waals surface area contributed by atoms with E-state index in [4.69, 9.17) is 10.5 Å². The van der Waals surface area contributed by atoms with E-state index in [2.05, 4.69) is 47.5 Å². The minimum atomic E-state index is 1.15. The summed E-state index contributed by atoms with van der Waals surface area (Å²) >= 11 is 0. The molecule has 0 aliphatic rings. The van der Waals surface area contributed by atoms with E-state index in [9.17, 15) is 0 Å². The molecule has 0 fully saturated rings. The van der Waals surface area contributed by atoms with Gasteiger partial charge in [0.15, 0.2) is 24.8 Å². The van der Waals surface area contributed by atoms with Gasteiger partial charge < -0.3 is 11.5 Å². The van der Waals surface area contributed by atoms with E-state index in [0.29, 0.717) is 0 Å². The van der Waals surface area contributed by atoms with Crippen LogP contribution in [0.4, 0.5) is 0 Å². The van der Waals surface area contributed by atoms with E-state index in [0.717, 1.165) is 6.54 Å². The number of aromatic nitrogens is 1. The molecule has 0 atom stereocenters. The molecule has 1 heterocycles. The van der Waals surface area contributed by atoms with Crippen LogP contribution in [-0.2, 0) is 6.54 Å². The highest BCUT2D eigenvalue weighted by Crippen LogP contribution is 1.85. The van der Waals surface area contributed by atoms with Gasteiger partial charge in [-0.3, -0.25) is 0 Å². The van der Waals surface area contributed by atoms with Crippen molar-refractivity contribution in [1.29, 1.82) is 10.5 Å². The molecule has 0 saturated heterocycles. The highest BCUT2D eigenvalue weighted by molar-refractivity contribution is 4.83. The van der Waals surface area contributed by atoms with Gasteiger partial charge >= 0.3 is 0 Å². The summed E-state index contributed by atoms with van der Waals surface area (Å²) < 4.78 is 2.21. The van der Waals surface area contributed by atoms with Gasteiger partial charge in [-0.25, -0.2) is 4.57 Å². The number of nitrogens with zero attached hydrogens (tertiary/aromatic N) is 3. The zero-order valence-corrected chi connectivity index (χ0v) is 9.50. The molecule has 0 amide bonds. The van der Waals surface area contributed by atoms with Gasteiger partial charge in [-0.15, -0.1) is 0 Å². The summed E-state index contributed by atoms with van der Waals surface area (Å²) in [6.45, 7) is 3.36. The largest absolute Gasteiger partial charge is 0.337 e. The topological polar surface area (TPSA) is 103 Å². The molecule has 4 N–H and O–H groups in total. The summed E-state index contributed by atoms with van der Waals surface area (Å²) in [6.07, 6.45) is 9.25. The summed E-state index contributed by atoms with van der Waals surface area (Å²) in [6, 6.07) is 6.17. The highest BCUT2D eigenvalue weighted by atomic mass is 14.9. The lowest BCUT2D eigenvalue weighted by Gasteiger charge is -1.91. The maximum atomic E-state index is 7.10. The van der Waals surface area contributed by atoms with Crippen LogP contribution < -0.4 is 16.0 Å². The van der Waals surface area contributed by atoms with Crippen molar-refractivity contribution >= 4 is 0 Å². The van der Waals surface area contributed by atoms with Crippen LogP contribution in [0.1, 0.15) is 19.8 Å². The Hall–Kier alpha value is -2.27. The molecule has 0 bridgehead atoms. The smallest absolute Gasteiger partial charge is 0.173 e. The number of hydrogen-bond donors (Lipinski definition) is 2. The molecule has 5 nitrogen and oxygen atoms in total. The van der Waals surface area contributed by atoms with Crippen molar-refractivity contribution in [3.05, 3.63) is 30.6 Å². The van der Waals surface area contributed by atoms with Crippen LogP contribution in [0.5, 0.6) is 0 Å². The third kappa shape index (κ3) is 14.3. The molecular formula is C11H18N5+. The van der Waals surface area contributed by atoms with Crippen molar-refractivity contribution in [3.8, 4) is 12.4 Å². The average molecular weight is 220 g/mol. The molecule has 0 radical (unpaired) electrons. The van der Waals surface area contributed by atoms with Crippen LogP contribution in [-0.4, -0.2) is 0 Å². The third-order valence-electron chi connectivity index (χ3n) is 1.55. The standard InChI is InChI=1S/C9H14N.2CH2N2/c1-2-3-7-10-8-5-4-6-9-10;2*2-1-3/h4-6,8-9H,2-3,7H2,1H3;2*2H2/q+1;;. The van der Waals surface area contributed by atoms with Crippen molar-refractivity contribution in [2.75, 3.05) is 0 Å². The van der Waals surface area contributed by atoms with Gasteiger partial charge in [-0.2, -0.15) is 10.5 Å². The van der Waals surface area contributed by atoms with E-state index in [-0.39, 0.29) is 0 Å². The summed E-state index contributed by atoms with van der Waals surface area (Å²) in [5.74, 6) is 0. The van der Waals surface area contributed by atoms with Gasteiger partial charge in [0, 0.05) is 18.6 Å². The fourth-order valence-corrected chi connectivity index (χ4v) is 0.924. The van der Waals surface area contributed by atoms with E-state index in [1.54, 1.807) is 0 Å². The summed E-state index contributed by atoms with van der Waals surface area (Å²) in [5, 5.41) is 14.2. The minimum absolute atomic E-state index is 1.15. The van der Waals surface area contributed by atoms with E-state index >= 15 is 0 Å². The highest BCUT2D eigenvalue weighted by Gasteiger charge is 1.93. The molecule has 86 valence electrons. The molecule has 1 aromatic rings. The van der Waals surface area contributed by atoms with Gasteiger partial charge in [0.1, 0.15) is 6.54 Å². The normalized spacial score (nSPS) is 6.94. The zero-order valence-electron chi connectivity index (χ0n) is 9.50. The Labute approximate surface area is 96.5 Å². The molecule has 1 aromatic heterocycles. The predicted molar refractivity (Wildman–Crippen MR) is 61.1 cm³/mol. The van der Waals surface area contributed by atoms with Crippen molar-refractivity contribution in [2.45, 2.75) is 26.3 Å². The van der Waals surface area contributed by atoms with Crippen LogP contribution >= 0.6 is 0 Å². The number of hydrogen-bond acceptors (Lipinski definition) is 4. The minimum Gasteiger partial charge on any atom is -0.337 e.